The van der Waals surface area contributed by atoms with Crippen LogP contribution in [0.1, 0.15) is 0 Å². The predicted molar refractivity (Wildman–Crippen MR) is 53.5 cm³/mol. The molecule has 0 aliphatic carbocycles. The highest BCUT2D eigenvalue weighted by Gasteiger charge is 2.05. The molecular weight excluding hydrogens is 285 g/mol. The van der Waals surface area contributed by atoms with Gasteiger partial charge in [-0.1, -0.05) is 17.0 Å². The normalized spacial score (nSPS) is 10.2. The Labute approximate surface area is 86.8 Å². The van der Waals surface area contributed by atoms with E-state index in [1.165, 1.54) is 22.6 Å². The summed E-state index contributed by atoms with van der Waals surface area (Å²) in [5.74, 6) is 0. The van der Waals surface area contributed by atoms with Crippen molar-refractivity contribution in [2.45, 2.75) is 0 Å². The number of halogens is 1. The highest BCUT2D eigenvalue weighted by atomic mass is 127. The molecule has 0 N–H and O–H groups in total. The van der Waals surface area contributed by atoms with E-state index in [2.05, 4.69) is 10.3 Å². The Bertz CT molecular complexity index is 454. The molecule has 0 aliphatic rings. The molecule has 13 heavy (non-hydrogen) atoms. The van der Waals surface area contributed by atoms with Crippen LogP contribution in [0.25, 0.3) is 11.0 Å². The largest absolute Gasteiger partial charge is 0.393 e. The highest BCUT2D eigenvalue weighted by Crippen LogP contribution is 2.08. The third-order valence-electron chi connectivity index (χ3n) is 1.48. The highest BCUT2D eigenvalue weighted by molar-refractivity contribution is 14.1. The van der Waals surface area contributed by atoms with E-state index in [1.807, 2.05) is 12.1 Å². The first-order valence-corrected chi connectivity index (χ1v) is 4.53. The van der Waals surface area contributed by atoms with Crippen molar-refractivity contribution in [2.75, 3.05) is 0 Å². The predicted octanol–water partition coefficient (Wildman–Crippen LogP) is 1.41. The van der Waals surface area contributed by atoms with Gasteiger partial charge in [-0.25, -0.2) is 4.79 Å². The van der Waals surface area contributed by atoms with Crippen LogP contribution in [-0.2, 0) is 0 Å². The SMILES string of the molecule is O=C(I)On1nnc2ccccc21. The fourth-order valence-electron chi connectivity index (χ4n) is 0.983. The summed E-state index contributed by atoms with van der Waals surface area (Å²) in [6.45, 7) is 0. The molecule has 0 amide bonds. The van der Waals surface area contributed by atoms with Crippen molar-refractivity contribution in [3.8, 4) is 0 Å². The van der Waals surface area contributed by atoms with E-state index in [1.54, 1.807) is 12.1 Å². The molecule has 2 rings (SSSR count). The monoisotopic (exact) mass is 289 g/mol. The zero-order valence-electron chi connectivity index (χ0n) is 6.35. The number of rotatable bonds is 1. The van der Waals surface area contributed by atoms with Crippen molar-refractivity contribution >= 4 is 37.6 Å². The van der Waals surface area contributed by atoms with Crippen molar-refractivity contribution in [2.24, 2.45) is 0 Å². The van der Waals surface area contributed by atoms with E-state index >= 15 is 0 Å². The van der Waals surface area contributed by atoms with Gasteiger partial charge in [-0.2, -0.15) is 0 Å². The standard InChI is InChI=1S/C7H4IN3O2/c8-7(12)13-11-6-4-2-1-3-5(6)9-10-11/h1-4H. The van der Waals surface area contributed by atoms with Crippen LogP contribution >= 0.6 is 22.6 Å². The van der Waals surface area contributed by atoms with E-state index in [4.69, 9.17) is 4.84 Å². The Kier molecular flexibility index (Phi) is 2.13. The Balaban J connectivity index is 2.51. The average Bonchev–Trinajstić information content (AvgIpc) is 2.48. The van der Waals surface area contributed by atoms with Gasteiger partial charge in [0.05, 0.1) is 22.6 Å². The fourth-order valence-corrected chi connectivity index (χ4v) is 1.17. The van der Waals surface area contributed by atoms with Crippen LogP contribution in [0.5, 0.6) is 0 Å². The van der Waals surface area contributed by atoms with Gasteiger partial charge in [0, 0.05) is 0 Å². The topological polar surface area (TPSA) is 57.0 Å². The second kappa shape index (κ2) is 3.29. The number of fused-ring (bicyclic) bond motifs is 1. The molecule has 0 bridgehead atoms. The molecule has 0 unspecified atom stereocenters. The van der Waals surface area contributed by atoms with Crippen molar-refractivity contribution < 1.29 is 9.63 Å². The first-order chi connectivity index (χ1) is 6.27. The molecule has 0 saturated carbocycles. The molecule has 6 heteroatoms. The maximum atomic E-state index is 10.6. The molecule has 0 radical (unpaired) electrons. The van der Waals surface area contributed by atoms with Crippen LogP contribution in [-0.4, -0.2) is 19.1 Å². The molecule has 66 valence electrons. The lowest BCUT2D eigenvalue weighted by molar-refractivity contribution is 0.149. The summed E-state index contributed by atoms with van der Waals surface area (Å²) in [5, 5.41) is 7.46. The Hall–Kier alpha value is -1.18. The van der Waals surface area contributed by atoms with Gasteiger partial charge >= 0.3 is 3.98 Å². The number of hydrogen-bond acceptors (Lipinski definition) is 4. The first-order valence-electron chi connectivity index (χ1n) is 3.45. The van der Waals surface area contributed by atoms with Crippen LogP contribution < -0.4 is 4.84 Å². The van der Waals surface area contributed by atoms with Crippen molar-refractivity contribution in [1.29, 1.82) is 0 Å². The second-order valence-corrected chi connectivity index (χ2v) is 3.16. The van der Waals surface area contributed by atoms with E-state index in [-0.39, 0.29) is 0 Å². The zero-order valence-corrected chi connectivity index (χ0v) is 8.50. The quantitative estimate of drug-likeness (QED) is 0.452. The van der Waals surface area contributed by atoms with Gasteiger partial charge in [-0.3, -0.25) is 0 Å². The Morgan fingerprint density at radius 3 is 3.00 bits per heavy atom. The van der Waals surface area contributed by atoms with Gasteiger partial charge < -0.3 is 4.84 Å². The molecule has 1 heterocycles. The minimum Gasteiger partial charge on any atom is -0.307 e. The molecule has 2 aromatic rings. The van der Waals surface area contributed by atoms with E-state index < -0.39 is 3.98 Å². The molecular formula is C7H4IN3O2. The van der Waals surface area contributed by atoms with Gasteiger partial charge in [0.25, 0.3) is 0 Å². The summed E-state index contributed by atoms with van der Waals surface area (Å²) < 4.78 is -0.451. The summed E-state index contributed by atoms with van der Waals surface area (Å²) in [4.78, 5) is 16.5. The maximum absolute atomic E-state index is 10.6. The first kappa shape index (κ1) is 8.42. The molecule has 0 fully saturated rings. The molecule has 1 aromatic carbocycles. The minimum atomic E-state index is -0.451. The van der Waals surface area contributed by atoms with Gasteiger partial charge in [-0.05, 0) is 17.3 Å². The summed E-state index contributed by atoms with van der Waals surface area (Å²) >= 11 is 1.53. The summed E-state index contributed by atoms with van der Waals surface area (Å²) in [6, 6.07) is 7.23. The summed E-state index contributed by atoms with van der Waals surface area (Å²) in [6.07, 6.45) is 0. The molecule has 5 nitrogen and oxygen atoms in total. The van der Waals surface area contributed by atoms with Gasteiger partial charge in [0.2, 0.25) is 0 Å². The number of aromatic nitrogens is 3. The smallest absolute Gasteiger partial charge is 0.307 e. The number of carbonyl (C=O) groups is 1. The van der Waals surface area contributed by atoms with Crippen LogP contribution in [0, 0.1) is 0 Å². The van der Waals surface area contributed by atoms with Gasteiger partial charge in [-0.15, -0.1) is 5.10 Å². The van der Waals surface area contributed by atoms with E-state index in [0.717, 1.165) is 4.85 Å². The maximum Gasteiger partial charge on any atom is 0.393 e. The lowest BCUT2D eigenvalue weighted by Gasteiger charge is -1.96. The van der Waals surface area contributed by atoms with Gasteiger partial charge in [0.1, 0.15) is 11.0 Å². The van der Waals surface area contributed by atoms with Crippen molar-refractivity contribution in [3.63, 3.8) is 0 Å². The number of hydrogen-bond donors (Lipinski definition) is 0. The number of benzene rings is 1. The number of para-hydroxylation sites is 1. The molecule has 0 spiro atoms. The Morgan fingerprint density at radius 1 is 1.46 bits per heavy atom. The molecule has 0 atom stereocenters. The van der Waals surface area contributed by atoms with Crippen LogP contribution in [0.3, 0.4) is 0 Å². The lowest BCUT2D eigenvalue weighted by atomic mass is 10.3. The van der Waals surface area contributed by atoms with Gasteiger partial charge in [0.15, 0.2) is 0 Å². The molecule has 0 saturated heterocycles. The van der Waals surface area contributed by atoms with Crippen molar-refractivity contribution in [1.82, 2.24) is 15.2 Å². The fraction of sp³-hybridized carbons (Fsp3) is 0. The lowest BCUT2D eigenvalue weighted by Crippen LogP contribution is -2.14. The van der Waals surface area contributed by atoms with Crippen LogP contribution in [0.15, 0.2) is 24.3 Å². The van der Waals surface area contributed by atoms with Crippen LogP contribution in [0.4, 0.5) is 4.79 Å². The van der Waals surface area contributed by atoms with E-state index in [9.17, 15) is 4.79 Å². The molecule has 0 aliphatic heterocycles. The number of nitrogens with zero attached hydrogens (tertiary/aromatic N) is 3. The number of carbonyl (C=O) groups excluding carboxylic acids is 1. The van der Waals surface area contributed by atoms with Crippen molar-refractivity contribution in [3.05, 3.63) is 24.3 Å². The summed E-state index contributed by atoms with van der Waals surface area (Å²) in [5.41, 5.74) is 1.37. The third kappa shape index (κ3) is 1.62. The average molecular weight is 289 g/mol. The van der Waals surface area contributed by atoms with Crippen LogP contribution in [0.2, 0.25) is 0 Å². The summed E-state index contributed by atoms with van der Waals surface area (Å²) in [7, 11) is 0. The Morgan fingerprint density at radius 2 is 2.23 bits per heavy atom. The zero-order chi connectivity index (χ0) is 9.26. The molecule has 1 aromatic heterocycles. The third-order valence-corrected chi connectivity index (χ3v) is 1.68. The van der Waals surface area contributed by atoms with E-state index in [0.29, 0.717) is 11.0 Å². The minimum absolute atomic E-state index is 0.451. The second-order valence-electron chi connectivity index (χ2n) is 2.28.